The standard InChI is InChI=1S/C43H52N2O13/c1-19-30(20(2)48)34(50)32-24(33(19)49)10-22(38(53)54)11-27(32)57-39-35(51)37(52)43(29(14-47)58-39)13-26-31-21(16-56-43)5-6-25(31)41(8-9-46)18-55-15-23-12-40-7-3-4-28(40)44-45-42(26,17-40)36(23)41/h6,10-11,23,26,28-29,35-37,39,44-47,49-52H,3-5,7-9,12-18H2,1-2H3,(H,53,54)/t23-,26+,28-,29-,35-,36+,37-,39+,40+,41-,42+,43+/m1/s1. The van der Waals surface area contributed by atoms with Crippen LogP contribution in [0.4, 0.5) is 0 Å². The Balaban J connectivity index is 1.06. The van der Waals surface area contributed by atoms with Crippen molar-refractivity contribution in [3.8, 4) is 17.2 Å². The van der Waals surface area contributed by atoms with Crippen LogP contribution < -0.4 is 15.6 Å². The number of ether oxygens (including phenoxy) is 4. The van der Waals surface area contributed by atoms with Gasteiger partial charge in [0.2, 0.25) is 6.29 Å². The SMILES string of the molecule is CC(=O)c1c(C)c(O)c2cc(C(=O)O)cc(O[C@H]3O[C@H](CO)[C@@]4(C[C@H]5C6=C(CC=C6[C@@]6(CCO)COC[C@H]7C[C@]89CCC[C@H]8NN[C@]5(C9)[C@@H]76)CO4)[C@H](O)[C@H]3O)c2c1O. The Bertz CT molecular complexity index is 2180. The van der Waals surface area contributed by atoms with Gasteiger partial charge in [-0.1, -0.05) is 12.5 Å². The topological polar surface area (TPSA) is 237 Å². The number of hydrazine groups is 1. The lowest BCUT2D eigenvalue weighted by Crippen LogP contribution is -2.81. The Morgan fingerprint density at radius 3 is 2.66 bits per heavy atom. The number of fused-ring (bicyclic) bond motifs is 2. The fraction of sp³-hybridized carbons (Fsp3) is 0.628. The number of hydrogen-bond acceptors (Lipinski definition) is 14. The summed E-state index contributed by atoms with van der Waals surface area (Å²) in [5, 5.41) is 78.5. The number of aromatic carboxylic acids is 1. The highest BCUT2D eigenvalue weighted by atomic mass is 16.7. The molecule has 2 aromatic rings. The molecule has 9 N–H and O–H groups in total. The van der Waals surface area contributed by atoms with Gasteiger partial charge in [-0.15, -0.1) is 0 Å². The first-order valence-electron chi connectivity index (χ1n) is 20.6. The van der Waals surface area contributed by atoms with Gasteiger partial charge < -0.3 is 54.7 Å². The van der Waals surface area contributed by atoms with E-state index in [0.717, 1.165) is 61.0 Å². The molecule has 0 radical (unpaired) electrons. The second kappa shape index (κ2) is 13.2. The molecule has 2 aromatic carbocycles. The molecule has 3 saturated heterocycles. The first-order chi connectivity index (χ1) is 27.8. The number of nitrogens with one attached hydrogen (secondary N) is 2. The summed E-state index contributed by atoms with van der Waals surface area (Å²) in [6.07, 6.45) is 2.23. The Kier molecular flexibility index (Phi) is 8.76. The van der Waals surface area contributed by atoms with Gasteiger partial charge in [-0.2, -0.15) is 0 Å². The molecule has 10 rings (SSSR count). The number of benzene rings is 2. The number of carboxylic acids is 1. The molecule has 4 aliphatic heterocycles. The van der Waals surface area contributed by atoms with Gasteiger partial charge in [-0.3, -0.25) is 15.6 Å². The lowest BCUT2D eigenvalue weighted by atomic mass is 9.39. The van der Waals surface area contributed by atoms with Gasteiger partial charge in [-0.25, -0.2) is 4.79 Å². The molecule has 3 saturated carbocycles. The van der Waals surface area contributed by atoms with E-state index < -0.39 is 71.0 Å². The minimum Gasteiger partial charge on any atom is -0.507 e. The maximum absolute atomic E-state index is 12.6. The molecule has 312 valence electrons. The van der Waals surface area contributed by atoms with Crippen LogP contribution in [0.25, 0.3) is 10.8 Å². The third-order valence-corrected chi connectivity index (χ3v) is 15.9. The van der Waals surface area contributed by atoms with Crippen LogP contribution in [-0.4, -0.2) is 122 Å². The third kappa shape index (κ3) is 4.93. The molecule has 0 unspecified atom stereocenters. The Hall–Kier alpha value is -3.64. The summed E-state index contributed by atoms with van der Waals surface area (Å²) in [7, 11) is 0. The van der Waals surface area contributed by atoms with Crippen LogP contribution in [0.2, 0.25) is 0 Å². The molecule has 15 heteroatoms. The van der Waals surface area contributed by atoms with Gasteiger partial charge in [0.15, 0.2) is 5.78 Å². The van der Waals surface area contributed by atoms with E-state index in [4.69, 9.17) is 18.9 Å². The largest absolute Gasteiger partial charge is 0.507 e. The second-order valence-corrected chi connectivity index (χ2v) is 18.4. The molecule has 15 nitrogen and oxygen atoms in total. The first-order valence-corrected chi connectivity index (χ1v) is 20.6. The predicted octanol–water partition coefficient (Wildman–Crippen LogP) is 2.50. The first kappa shape index (κ1) is 38.6. The molecule has 0 amide bonds. The van der Waals surface area contributed by atoms with E-state index in [1.165, 1.54) is 13.8 Å². The minimum absolute atomic E-state index is 0.000638. The summed E-state index contributed by atoms with van der Waals surface area (Å²) in [4.78, 5) is 24.9. The van der Waals surface area contributed by atoms with E-state index in [1.54, 1.807) is 0 Å². The van der Waals surface area contributed by atoms with E-state index in [9.17, 15) is 45.3 Å². The van der Waals surface area contributed by atoms with Crippen LogP contribution in [0.1, 0.15) is 84.6 Å². The minimum atomic E-state index is -1.82. The molecule has 2 bridgehead atoms. The van der Waals surface area contributed by atoms with Crippen molar-refractivity contribution in [2.75, 3.05) is 33.0 Å². The maximum atomic E-state index is 12.6. The lowest BCUT2D eigenvalue weighted by Gasteiger charge is -2.71. The number of hydrogen-bond donors (Lipinski definition) is 9. The van der Waals surface area contributed by atoms with Crippen molar-refractivity contribution in [1.29, 1.82) is 0 Å². The zero-order valence-electron chi connectivity index (χ0n) is 32.6. The number of aliphatic hydroxyl groups is 4. The average Bonchev–Trinajstić information content (AvgIpc) is 3.76. The predicted molar refractivity (Wildman–Crippen MR) is 204 cm³/mol. The van der Waals surface area contributed by atoms with E-state index in [2.05, 4.69) is 16.9 Å². The van der Waals surface area contributed by atoms with Crippen LogP contribution in [0.3, 0.4) is 0 Å². The summed E-state index contributed by atoms with van der Waals surface area (Å²) < 4.78 is 25.9. The van der Waals surface area contributed by atoms with E-state index in [-0.39, 0.29) is 76.0 Å². The van der Waals surface area contributed by atoms with Crippen LogP contribution in [0.5, 0.6) is 17.2 Å². The Morgan fingerprint density at radius 1 is 1.10 bits per heavy atom. The van der Waals surface area contributed by atoms with Crippen molar-refractivity contribution in [3.63, 3.8) is 0 Å². The molecule has 3 spiro atoms. The zero-order chi connectivity index (χ0) is 40.7. The highest BCUT2D eigenvalue weighted by Crippen LogP contribution is 2.72. The second-order valence-electron chi connectivity index (χ2n) is 18.4. The van der Waals surface area contributed by atoms with Gasteiger partial charge in [-0.05, 0) is 105 Å². The number of carboxylic acid groups (broad SMARTS) is 1. The molecule has 58 heavy (non-hydrogen) atoms. The van der Waals surface area contributed by atoms with E-state index in [1.807, 2.05) is 0 Å². The zero-order valence-corrected chi connectivity index (χ0v) is 32.6. The Labute approximate surface area is 334 Å². The maximum Gasteiger partial charge on any atom is 0.335 e. The molecule has 8 aliphatic rings. The number of aliphatic hydroxyl groups excluding tert-OH is 4. The van der Waals surface area contributed by atoms with Gasteiger partial charge in [0.25, 0.3) is 0 Å². The van der Waals surface area contributed by atoms with Gasteiger partial charge in [0, 0.05) is 47.1 Å². The number of carbonyl (C=O) groups excluding carboxylic acids is 1. The number of phenolic OH excluding ortho intramolecular Hbond substituents is 2. The van der Waals surface area contributed by atoms with Crippen molar-refractivity contribution >= 4 is 22.5 Å². The van der Waals surface area contributed by atoms with Crippen molar-refractivity contribution < 1.29 is 64.3 Å². The number of rotatable bonds is 7. The normalized spacial score (nSPS) is 41.1. The number of carbonyl (C=O) groups is 2. The van der Waals surface area contributed by atoms with Gasteiger partial charge >= 0.3 is 5.97 Å². The number of aromatic hydroxyl groups is 2. The Morgan fingerprint density at radius 2 is 1.91 bits per heavy atom. The van der Waals surface area contributed by atoms with Crippen molar-refractivity contribution in [2.24, 2.45) is 28.6 Å². The van der Waals surface area contributed by atoms with Gasteiger partial charge in [0.1, 0.15) is 41.2 Å². The highest BCUT2D eigenvalue weighted by Gasteiger charge is 2.74. The van der Waals surface area contributed by atoms with Crippen LogP contribution >= 0.6 is 0 Å². The lowest BCUT2D eigenvalue weighted by molar-refractivity contribution is -0.327. The molecule has 0 aromatic heterocycles. The fourth-order valence-electron chi connectivity index (χ4n) is 13.8. The van der Waals surface area contributed by atoms with Crippen LogP contribution in [-0.2, 0) is 14.2 Å². The van der Waals surface area contributed by atoms with Crippen molar-refractivity contribution in [1.82, 2.24) is 10.9 Å². The highest BCUT2D eigenvalue weighted by molar-refractivity contribution is 6.11. The van der Waals surface area contributed by atoms with Crippen LogP contribution in [0.15, 0.2) is 34.9 Å². The van der Waals surface area contributed by atoms with Gasteiger partial charge in [0.05, 0.1) is 36.3 Å². The molecule has 4 heterocycles. The quantitative estimate of drug-likeness (QED) is 0.145. The summed E-state index contributed by atoms with van der Waals surface area (Å²) in [5.74, 6) is -3.27. The summed E-state index contributed by atoms with van der Waals surface area (Å²) in [6.45, 7) is 3.18. The summed E-state index contributed by atoms with van der Waals surface area (Å²) in [5.41, 5.74) is 7.93. The average molecular weight is 805 g/mol. The van der Waals surface area contributed by atoms with E-state index in [0.29, 0.717) is 32.1 Å². The monoisotopic (exact) mass is 804 g/mol. The molecule has 4 aliphatic carbocycles. The molecular formula is C43H52N2O13. The summed E-state index contributed by atoms with van der Waals surface area (Å²) >= 11 is 0. The van der Waals surface area contributed by atoms with Crippen LogP contribution in [0, 0.1) is 35.5 Å². The van der Waals surface area contributed by atoms with E-state index >= 15 is 0 Å². The third-order valence-electron chi connectivity index (χ3n) is 15.9. The summed E-state index contributed by atoms with van der Waals surface area (Å²) in [6, 6.07) is 2.51. The molecule has 6 fully saturated rings. The molecule has 12 atom stereocenters. The number of allylic oxidation sites excluding steroid dienone is 1. The number of ketones is 1. The van der Waals surface area contributed by atoms with Crippen molar-refractivity contribution in [2.45, 2.75) is 107 Å². The smallest absolute Gasteiger partial charge is 0.335 e. The number of phenols is 2. The fourth-order valence-corrected chi connectivity index (χ4v) is 13.8. The number of Topliss-reactive ketones (excluding diaryl/α,β-unsaturated/α-hetero) is 1. The van der Waals surface area contributed by atoms with Crippen molar-refractivity contribution in [3.05, 3.63) is 51.6 Å². The molecular weight excluding hydrogens is 752 g/mol.